The number of hydrogen-bond acceptors (Lipinski definition) is 7. The zero-order valence-electron chi connectivity index (χ0n) is 10.0. The molecular weight excluding hydrogens is 230 g/mol. The van der Waals surface area contributed by atoms with Gasteiger partial charge in [0, 0.05) is 6.92 Å². The summed E-state index contributed by atoms with van der Waals surface area (Å²) in [5.74, 6) is -2.14. The molecule has 0 radical (unpaired) electrons. The van der Waals surface area contributed by atoms with Crippen LogP contribution in [-0.4, -0.2) is 48.3 Å². The highest BCUT2D eigenvalue weighted by Gasteiger charge is 2.70. The van der Waals surface area contributed by atoms with Crippen molar-refractivity contribution in [1.82, 2.24) is 5.06 Å². The normalized spacial score (nSPS) is 20.3. The minimum absolute atomic E-state index is 0.0375. The number of hydrogen-bond donors (Lipinski definition) is 0. The third kappa shape index (κ3) is 2.55. The van der Waals surface area contributed by atoms with Gasteiger partial charge < -0.3 is 14.3 Å². The molecule has 0 aromatic rings. The van der Waals surface area contributed by atoms with Crippen LogP contribution in [0.3, 0.4) is 0 Å². The molecule has 1 aliphatic rings. The monoisotopic (exact) mass is 245 g/mol. The summed E-state index contributed by atoms with van der Waals surface area (Å²) in [4.78, 5) is 38.8. The predicted octanol–water partition coefficient (Wildman–Crippen LogP) is -0.355. The highest BCUT2D eigenvalue weighted by atomic mass is 16.7. The highest BCUT2D eigenvalue weighted by Crippen LogP contribution is 2.35. The lowest BCUT2D eigenvalue weighted by Crippen LogP contribution is -2.41. The van der Waals surface area contributed by atoms with Gasteiger partial charge in [0.1, 0.15) is 0 Å². The Bertz CT molecular complexity index is 322. The Morgan fingerprint density at radius 3 is 1.94 bits per heavy atom. The van der Waals surface area contributed by atoms with Crippen LogP contribution in [0.5, 0.6) is 0 Å². The molecule has 0 aromatic carbocycles. The summed E-state index contributed by atoms with van der Waals surface area (Å²) in [5, 5.41) is 0.964. The molecule has 7 nitrogen and oxygen atoms in total. The summed E-state index contributed by atoms with van der Waals surface area (Å²) in [6, 6.07) is 0. The maximum Gasteiger partial charge on any atom is 0.343 e. The van der Waals surface area contributed by atoms with Gasteiger partial charge in [-0.1, -0.05) is 0 Å². The van der Waals surface area contributed by atoms with Crippen molar-refractivity contribution in [3.05, 3.63) is 0 Å². The van der Waals surface area contributed by atoms with E-state index >= 15 is 0 Å². The van der Waals surface area contributed by atoms with Crippen molar-refractivity contribution >= 4 is 17.9 Å². The van der Waals surface area contributed by atoms with Gasteiger partial charge in [0.2, 0.25) is 0 Å². The summed E-state index contributed by atoms with van der Waals surface area (Å²) in [7, 11) is 0. The van der Waals surface area contributed by atoms with Crippen molar-refractivity contribution in [1.29, 1.82) is 0 Å². The quantitative estimate of drug-likeness (QED) is 0.372. The second-order valence-electron chi connectivity index (χ2n) is 3.42. The van der Waals surface area contributed by atoms with Crippen molar-refractivity contribution < 1.29 is 28.7 Å². The first-order valence-corrected chi connectivity index (χ1v) is 5.29. The van der Waals surface area contributed by atoms with Gasteiger partial charge in [0.15, 0.2) is 0 Å². The van der Waals surface area contributed by atoms with Gasteiger partial charge in [0.05, 0.1) is 19.8 Å². The number of esters is 2. The van der Waals surface area contributed by atoms with E-state index in [1.807, 2.05) is 0 Å². The van der Waals surface area contributed by atoms with E-state index in [0.717, 1.165) is 5.06 Å². The average molecular weight is 245 g/mol. The van der Waals surface area contributed by atoms with Crippen molar-refractivity contribution in [2.24, 2.45) is 0 Å². The van der Waals surface area contributed by atoms with Gasteiger partial charge >= 0.3 is 17.9 Å². The minimum atomic E-state index is -1.61. The van der Waals surface area contributed by atoms with E-state index in [-0.39, 0.29) is 19.8 Å². The van der Waals surface area contributed by atoms with Crippen LogP contribution in [0, 0.1) is 0 Å². The molecule has 0 saturated carbocycles. The molecule has 7 heteroatoms. The van der Waals surface area contributed by atoms with E-state index in [9.17, 15) is 14.4 Å². The lowest BCUT2D eigenvalue weighted by atomic mass is 10.1. The van der Waals surface area contributed by atoms with E-state index < -0.39 is 23.4 Å². The number of carbonyl (C=O) groups is 3. The van der Waals surface area contributed by atoms with E-state index in [0.29, 0.717) is 0 Å². The molecule has 1 rings (SSSR count). The molecule has 0 bridgehead atoms. The first-order chi connectivity index (χ1) is 7.98. The van der Waals surface area contributed by atoms with Crippen LogP contribution in [0.25, 0.3) is 0 Å². The van der Waals surface area contributed by atoms with Gasteiger partial charge in [-0.15, -0.1) is 5.06 Å². The summed E-state index contributed by atoms with van der Waals surface area (Å²) in [5.41, 5.74) is -1.61. The largest absolute Gasteiger partial charge is 0.464 e. The number of carbonyl (C=O) groups excluding carboxylic acids is 3. The summed E-state index contributed by atoms with van der Waals surface area (Å²) in [6.07, 6.45) is 0. The Balaban J connectivity index is 2.78. The number of ether oxygens (including phenoxy) is 2. The Kier molecular flexibility index (Phi) is 4.06. The molecule has 1 fully saturated rings. The molecule has 0 aromatic heterocycles. The molecule has 1 atom stereocenters. The SMILES string of the molecule is CCOC(=O)C1(C(=O)OCC)CN1OC(C)=O. The zero-order valence-corrected chi connectivity index (χ0v) is 10.0. The minimum Gasteiger partial charge on any atom is -0.464 e. The smallest absolute Gasteiger partial charge is 0.343 e. The second kappa shape index (κ2) is 5.13. The average Bonchev–Trinajstić information content (AvgIpc) is 2.93. The second-order valence-corrected chi connectivity index (χ2v) is 3.42. The molecule has 1 unspecified atom stereocenters. The third-order valence-electron chi connectivity index (χ3n) is 2.16. The maximum absolute atomic E-state index is 11.7. The lowest BCUT2D eigenvalue weighted by molar-refractivity contribution is -0.181. The molecule has 0 spiro atoms. The fourth-order valence-corrected chi connectivity index (χ4v) is 1.35. The standard InChI is InChI=1S/C10H15NO6/c1-4-15-8(13)10(9(14)16-5-2)6-11(10)17-7(3)12/h4-6H2,1-3H3. The Hall–Kier alpha value is -1.63. The maximum atomic E-state index is 11.7. The van der Waals surface area contributed by atoms with Gasteiger partial charge in [-0.3, -0.25) is 4.79 Å². The molecular formula is C10H15NO6. The Labute approximate surface area is 98.6 Å². The van der Waals surface area contributed by atoms with E-state index in [1.54, 1.807) is 13.8 Å². The first-order valence-electron chi connectivity index (χ1n) is 5.29. The van der Waals surface area contributed by atoms with Crippen molar-refractivity contribution in [2.75, 3.05) is 19.8 Å². The van der Waals surface area contributed by atoms with Crippen LogP contribution < -0.4 is 0 Å². The van der Waals surface area contributed by atoms with E-state index in [1.165, 1.54) is 6.92 Å². The van der Waals surface area contributed by atoms with Gasteiger partial charge in [-0.2, -0.15) is 0 Å². The molecule has 1 aliphatic heterocycles. The van der Waals surface area contributed by atoms with Crippen LogP contribution in [0.4, 0.5) is 0 Å². The lowest BCUT2D eigenvalue weighted by Gasteiger charge is -2.13. The number of rotatable bonds is 5. The first kappa shape index (κ1) is 13.4. The molecule has 96 valence electrons. The number of nitrogens with zero attached hydrogens (tertiary/aromatic N) is 1. The Morgan fingerprint density at radius 1 is 1.12 bits per heavy atom. The van der Waals surface area contributed by atoms with Gasteiger partial charge in [-0.25, -0.2) is 9.59 Å². The van der Waals surface area contributed by atoms with Crippen molar-refractivity contribution in [2.45, 2.75) is 26.3 Å². The molecule has 0 aliphatic carbocycles. The fourth-order valence-electron chi connectivity index (χ4n) is 1.35. The highest BCUT2D eigenvalue weighted by molar-refractivity contribution is 6.08. The third-order valence-corrected chi connectivity index (χ3v) is 2.16. The van der Waals surface area contributed by atoms with Crippen LogP contribution in [0.1, 0.15) is 20.8 Å². The van der Waals surface area contributed by atoms with Crippen LogP contribution >= 0.6 is 0 Å². The van der Waals surface area contributed by atoms with Crippen LogP contribution in [-0.2, 0) is 28.7 Å². The van der Waals surface area contributed by atoms with Crippen LogP contribution in [0.15, 0.2) is 0 Å². The zero-order chi connectivity index (χ0) is 13.1. The molecule has 1 saturated heterocycles. The van der Waals surface area contributed by atoms with Crippen molar-refractivity contribution in [3.8, 4) is 0 Å². The summed E-state index contributed by atoms with van der Waals surface area (Å²) >= 11 is 0. The van der Waals surface area contributed by atoms with Gasteiger partial charge in [-0.05, 0) is 13.8 Å². The van der Waals surface area contributed by atoms with E-state index in [2.05, 4.69) is 0 Å². The topological polar surface area (TPSA) is 81.9 Å². The van der Waals surface area contributed by atoms with Gasteiger partial charge in [0.25, 0.3) is 5.54 Å². The predicted molar refractivity (Wildman–Crippen MR) is 54.5 cm³/mol. The van der Waals surface area contributed by atoms with E-state index in [4.69, 9.17) is 14.3 Å². The summed E-state index contributed by atoms with van der Waals surface area (Å²) < 4.78 is 9.55. The fraction of sp³-hybridized carbons (Fsp3) is 0.700. The Morgan fingerprint density at radius 2 is 1.59 bits per heavy atom. The van der Waals surface area contributed by atoms with Crippen LogP contribution in [0.2, 0.25) is 0 Å². The summed E-state index contributed by atoms with van der Waals surface area (Å²) in [6.45, 7) is 4.65. The van der Waals surface area contributed by atoms with Crippen molar-refractivity contribution in [3.63, 3.8) is 0 Å². The molecule has 0 amide bonds. The number of hydroxylamine groups is 2. The molecule has 17 heavy (non-hydrogen) atoms. The molecule has 1 heterocycles. The molecule has 0 N–H and O–H groups in total.